The fraction of sp³-hybridized carbons (Fsp3) is 0.417. The molecule has 0 fully saturated rings. The number of aliphatic hydroxyl groups is 1. The molecule has 0 aliphatic heterocycles. The molecular formula is C12H17N3O3S2. The average molecular weight is 315 g/mol. The smallest absolute Gasteiger partial charge is 0.242 e. The van der Waals surface area contributed by atoms with Crippen LogP contribution in [0.25, 0.3) is 0 Å². The Morgan fingerprint density at radius 1 is 1.55 bits per heavy atom. The molecule has 0 spiro atoms. The van der Waals surface area contributed by atoms with Gasteiger partial charge in [-0.05, 0) is 19.4 Å². The van der Waals surface area contributed by atoms with Crippen LogP contribution in [-0.4, -0.2) is 23.5 Å². The van der Waals surface area contributed by atoms with Gasteiger partial charge in [-0.1, -0.05) is 6.92 Å². The van der Waals surface area contributed by atoms with E-state index in [2.05, 4.69) is 14.7 Å². The number of rotatable bonds is 6. The Balaban J connectivity index is 2.15. The highest BCUT2D eigenvalue weighted by molar-refractivity contribution is 7.89. The lowest BCUT2D eigenvalue weighted by molar-refractivity contribution is 0.277. The Hall–Kier alpha value is -1.22. The van der Waals surface area contributed by atoms with Crippen LogP contribution in [0.3, 0.4) is 0 Å². The molecule has 0 aliphatic rings. The third-order valence-corrected chi connectivity index (χ3v) is 5.66. The molecule has 2 rings (SSSR count). The molecule has 0 radical (unpaired) electrons. The van der Waals surface area contributed by atoms with Crippen molar-refractivity contribution in [2.45, 2.75) is 37.8 Å². The van der Waals surface area contributed by atoms with Gasteiger partial charge in [0.2, 0.25) is 10.0 Å². The highest BCUT2D eigenvalue weighted by atomic mass is 32.2. The summed E-state index contributed by atoms with van der Waals surface area (Å²) >= 11 is 1.50. The summed E-state index contributed by atoms with van der Waals surface area (Å²) < 4.78 is 27.0. The third-order valence-electron chi connectivity index (χ3n) is 2.82. The fourth-order valence-corrected chi connectivity index (χ4v) is 3.86. The van der Waals surface area contributed by atoms with Crippen LogP contribution in [-0.2, 0) is 23.1 Å². The molecule has 20 heavy (non-hydrogen) atoms. The highest BCUT2D eigenvalue weighted by Gasteiger charge is 2.21. The Bertz CT molecular complexity index is 676. The van der Waals surface area contributed by atoms with Crippen molar-refractivity contribution in [2.75, 3.05) is 0 Å². The van der Waals surface area contributed by atoms with Crippen molar-refractivity contribution in [1.29, 1.82) is 0 Å². The van der Waals surface area contributed by atoms with E-state index in [-0.39, 0.29) is 11.5 Å². The van der Waals surface area contributed by atoms with Crippen LogP contribution < -0.4 is 4.72 Å². The molecule has 8 heteroatoms. The van der Waals surface area contributed by atoms with Gasteiger partial charge in [-0.25, -0.2) is 18.1 Å². The summed E-state index contributed by atoms with van der Waals surface area (Å²) in [4.78, 5) is 8.17. The number of hydrogen-bond donors (Lipinski definition) is 3. The molecule has 3 N–H and O–H groups in total. The summed E-state index contributed by atoms with van der Waals surface area (Å²) in [5, 5.41) is 9.69. The SMILES string of the molecule is CCc1cnc(C(C)NS(=O)(=O)c2c[nH]c(CO)c2)s1. The van der Waals surface area contributed by atoms with Gasteiger partial charge in [-0.2, -0.15) is 0 Å². The Morgan fingerprint density at radius 2 is 2.30 bits per heavy atom. The zero-order chi connectivity index (χ0) is 14.8. The van der Waals surface area contributed by atoms with E-state index in [4.69, 9.17) is 5.11 Å². The number of aromatic amines is 1. The van der Waals surface area contributed by atoms with E-state index in [1.807, 2.05) is 6.92 Å². The van der Waals surface area contributed by atoms with Gasteiger partial charge in [0, 0.05) is 23.0 Å². The highest BCUT2D eigenvalue weighted by Crippen LogP contribution is 2.22. The van der Waals surface area contributed by atoms with E-state index in [9.17, 15) is 8.42 Å². The number of sulfonamides is 1. The van der Waals surface area contributed by atoms with Crippen molar-refractivity contribution in [3.63, 3.8) is 0 Å². The van der Waals surface area contributed by atoms with Gasteiger partial charge < -0.3 is 10.1 Å². The van der Waals surface area contributed by atoms with Crippen LogP contribution in [0.15, 0.2) is 23.4 Å². The zero-order valence-electron chi connectivity index (χ0n) is 11.3. The fourth-order valence-electron chi connectivity index (χ4n) is 1.70. The lowest BCUT2D eigenvalue weighted by Crippen LogP contribution is -2.26. The number of nitrogens with zero attached hydrogens (tertiary/aromatic N) is 1. The number of H-pyrrole nitrogens is 1. The molecule has 0 saturated carbocycles. The molecule has 1 unspecified atom stereocenters. The number of thiazole rings is 1. The molecule has 0 aliphatic carbocycles. The van der Waals surface area contributed by atoms with Crippen molar-refractivity contribution in [3.8, 4) is 0 Å². The summed E-state index contributed by atoms with van der Waals surface area (Å²) in [6.45, 7) is 3.56. The van der Waals surface area contributed by atoms with Crippen LogP contribution in [0, 0.1) is 0 Å². The van der Waals surface area contributed by atoms with Crippen molar-refractivity contribution >= 4 is 21.4 Å². The first-order valence-electron chi connectivity index (χ1n) is 6.21. The van der Waals surface area contributed by atoms with Crippen LogP contribution in [0.4, 0.5) is 0 Å². The first-order chi connectivity index (χ1) is 9.46. The number of aromatic nitrogens is 2. The second-order valence-electron chi connectivity index (χ2n) is 4.38. The molecule has 2 aromatic heterocycles. The minimum atomic E-state index is -3.62. The largest absolute Gasteiger partial charge is 0.390 e. The topological polar surface area (TPSA) is 95.1 Å². The van der Waals surface area contributed by atoms with Crippen molar-refractivity contribution in [1.82, 2.24) is 14.7 Å². The van der Waals surface area contributed by atoms with Gasteiger partial charge in [-0.3, -0.25) is 0 Å². The van der Waals surface area contributed by atoms with Gasteiger partial charge in [0.25, 0.3) is 0 Å². The molecule has 0 amide bonds. The number of hydrogen-bond acceptors (Lipinski definition) is 5. The van der Waals surface area contributed by atoms with Gasteiger partial charge in [0.1, 0.15) is 5.01 Å². The Morgan fingerprint density at radius 3 is 2.85 bits per heavy atom. The lowest BCUT2D eigenvalue weighted by atomic mass is 10.4. The summed E-state index contributed by atoms with van der Waals surface area (Å²) in [5.41, 5.74) is 0.459. The Kier molecular flexibility index (Phi) is 4.59. The van der Waals surface area contributed by atoms with E-state index in [0.717, 1.165) is 16.3 Å². The standard InChI is InChI=1S/C12H17N3O3S2/c1-3-10-5-14-12(19-10)8(2)15-20(17,18)11-4-9(7-16)13-6-11/h4-6,8,13,15-16H,3,7H2,1-2H3. The maximum atomic E-state index is 12.2. The van der Waals surface area contributed by atoms with Crippen LogP contribution in [0.2, 0.25) is 0 Å². The van der Waals surface area contributed by atoms with Crippen LogP contribution in [0.5, 0.6) is 0 Å². The monoisotopic (exact) mass is 315 g/mol. The number of nitrogens with one attached hydrogen (secondary N) is 2. The van der Waals surface area contributed by atoms with E-state index in [0.29, 0.717) is 5.69 Å². The second-order valence-corrected chi connectivity index (χ2v) is 7.24. The summed E-state index contributed by atoms with van der Waals surface area (Å²) in [6, 6.07) is 1.02. The molecular weight excluding hydrogens is 298 g/mol. The minimum absolute atomic E-state index is 0.112. The first kappa shape index (κ1) is 15.2. The molecule has 2 heterocycles. The quantitative estimate of drug-likeness (QED) is 0.754. The third kappa shape index (κ3) is 3.26. The molecule has 2 aromatic rings. The van der Waals surface area contributed by atoms with Crippen molar-refractivity contribution < 1.29 is 13.5 Å². The van der Waals surface area contributed by atoms with Gasteiger partial charge in [0.15, 0.2) is 0 Å². The molecule has 110 valence electrons. The van der Waals surface area contributed by atoms with Gasteiger partial charge in [-0.15, -0.1) is 11.3 Å². The summed E-state index contributed by atoms with van der Waals surface area (Å²) in [6.07, 6.45) is 4.01. The van der Waals surface area contributed by atoms with E-state index < -0.39 is 16.1 Å². The minimum Gasteiger partial charge on any atom is -0.390 e. The predicted molar refractivity (Wildman–Crippen MR) is 76.9 cm³/mol. The molecule has 6 nitrogen and oxygen atoms in total. The molecule has 0 bridgehead atoms. The zero-order valence-corrected chi connectivity index (χ0v) is 12.9. The maximum absolute atomic E-state index is 12.2. The van der Waals surface area contributed by atoms with E-state index in [1.54, 1.807) is 13.1 Å². The van der Waals surface area contributed by atoms with E-state index >= 15 is 0 Å². The molecule has 0 saturated heterocycles. The van der Waals surface area contributed by atoms with Crippen LogP contribution in [0.1, 0.15) is 35.5 Å². The van der Waals surface area contributed by atoms with Crippen molar-refractivity contribution in [3.05, 3.63) is 34.0 Å². The second kappa shape index (κ2) is 6.04. The molecule has 0 aromatic carbocycles. The first-order valence-corrected chi connectivity index (χ1v) is 8.51. The Labute approximate surface area is 121 Å². The lowest BCUT2D eigenvalue weighted by Gasteiger charge is -2.10. The average Bonchev–Trinajstić information content (AvgIpc) is 3.07. The van der Waals surface area contributed by atoms with Gasteiger partial charge >= 0.3 is 0 Å². The van der Waals surface area contributed by atoms with Gasteiger partial charge in [0.05, 0.1) is 17.5 Å². The maximum Gasteiger partial charge on any atom is 0.242 e. The normalized spacial score (nSPS) is 13.6. The summed E-state index contributed by atoms with van der Waals surface area (Å²) in [5.74, 6) is 0. The summed E-state index contributed by atoms with van der Waals surface area (Å²) in [7, 11) is -3.62. The number of aliphatic hydroxyl groups excluding tert-OH is 1. The van der Waals surface area contributed by atoms with E-state index in [1.165, 1.54) is 23.6 Å². The van der Waals surface area contributed by atoms with Crippen LogP contribution >= 0.6 is 11.3 Å². The predicted octanol–water partition coefficient (Wildman–Crippen LogP) is 1.57. The number of aryl methyl sites for hydroxylation is 1. The van der Waals surface area contributed by atoms with Crippen molar-refractivity contribution in [2.24, 2.45) is 0 Å². The molecule has 1 atom stereocenters.